The van der Waals surface area contributed by atoms with Crippen molar-refractivity contribution in [2.24, 2.45) is 5.92 Å². The first-order valence-electron chi connectivity index (χ1n) is 9.78. The second-order valence-corrected chi connectivity index (χ2v) is 7.21. The van der Waals surface area contributed by atoms with Gasteiger partial charge in [0, 0.05) is 12.3 Å². The summed E-state index contributed by atoms with van der Waals surface area (Å²) >= 11 is 0. The average molecular weight is 347 g/mol. The Morgan fingerprint density at radius 1 is 1.12 bits per heavy atom. The van der Waals surface area contributed by atoms with Gasteiger partial charge < -0.3 is 14.8 Å². The maximum atomic E-state index is 12.9. The van der Waals surface area contributed by atoms with Crippen molar-refractivity contribution in [2.45, 2.75) is 71.3 Å². The number of anilines is 1. The van der Waals surface area contributed by atoms with E-state index < -0.39 is 5.60 Å². The number of ether oxygens (including phenoxy) is 2. The maximum absolute atomic E-state index is 12.9. The molecule has 1 aliphatic rings. The molecule has 1 aromatic rings. The predicted octanol–water partition coefficient (Wildman–Crippen LogP) is 5.18. The number of nitrogens with one attached hydrogen (secondary N) is 1. The highest BCUT2D eigenvalue weighted by molar-refractivity contribution is 5.97. The number of rotatable bonds is 9. The van der Waals surface area contributed by atoms with E-state index in [1.807, 2.05) is 24.3 Å². The maximum Gasteiger partial charge on any atom is 0.256 e. The molecule has 1 amide bonds. The van der Waals surface area contributed by atoms with Crippen LogP contribution in [0.2, 0.25) is 0 Å². The topological polar surface area (TPSA) is 47.6 Å². The highest BCUT2D eigenvalue weighted by Crippen LogP contribution is 2.36. The van der Waals surface area contributed by atoms with Crippen molar-refractivity contribution in [3.63, 3.8) is 0 Å². The van der Waals surface area contributed by atoms with Crippen LogP contribution in [0.15, 0.2) is 24.3 Å². The molecule has 0 bridgehead atoms. The first-order chi connectivity index (χ1) is 12.1. The van der Waals surface area contributed by atoms with Crippen LogP contribution < -0.4 is 10.1 Å². The van der Waals surface area contributed by atoms with Crippen molar-refractivity contribution >= 4 is 11.6 Å². The van der Waals surface area contributed by atoms with E-state index in [-0.39, 0.29) is 5.91 Å². The fourth-order valence-corrected chi connectivity index (χ4v) is 3.18. The minimum atomic E-state index is -0.668. The van der Waals surface area contributed by atoms with E-state index in [4.69, 9.17) is 9.47 Å². The molecule has 1 saturated carbocycles. The summed E-state index contributed by atoms with van der Waals surface area (Å²) in [6.07, 6.45) is 6.79. The normalized spacial score (nSPS) is 23.2. The van der Waals surface area contributed by atoms with Crippen LogP contribution in [0.4, 0.5) is 5.69 Å². The lowest BCUT2D eigenvalue weighted by molar-refractivity contribution is -0.147. The molecule has 1 N–H and O–H groups in total. The van der Waals surface area contributed by atoms with E-state index >= 15 is 0 Å². The number of amides is 1. The summed E-state index contributed by atoms with van der Waals surface area (Å²) < 4.78 is 11.7. The molecule has 25 heavy (non-hydrogen) atoms. The lowest BCUT2D eigenvalue weighted by Crippen LogP contribution is -2.48. The molecular formula is C21H33NO3. The van der Waals surface area contributed by atoms with Crippen LogP contribution >= 0.6 is 0 Å². The number of hydrogen-bond donors (Lipinski definition) is 1. The molecule has 0 unspecified atom stereocenters. The SMILES string of the molecule is CCCCOc1ccc(NC(=O)C2(OCCC)CCC(C)CC2)cc1. The van der Waals surface area contributed by atoms with Crippen molar-refractivity contribution in [1.82, 2.24) is 0 Å². The third-order valence-corrected chi connectivity index (χ3v) is 4.96. The Labute approximate surface area is 152 Å². The molecule has 0 spiro atoms. The van der Waals surface area contributed by atoms with Gasteiger partial charge in [-0.05, 0) is 68.7 Å². The Balaban J connectivity index is 1.97. The summed E-state index contributed by atoms with van der Waals surface area (Å²) in [5.74, 6) is 1.51. The van der Waals surface area contributed by atoms with Crippen molar-refractivity contribution in [3.05, 3.63) is 24.3 Å². The van der Waals surface area contributed by atoms with E-state index in [1.165, 1.54) is 0 Å². The molecular weight excluding hydrogens is 314 g/mol. The van der Waals surface area contributed by atoms with Gasteiger partial charge in [0.1, 0.15) is 11.4 Å². The second-order valence-electron chi connectivity index (χ2n) is 7.21. The summed E-state index contributed by atoms with van der Waals surface area (Å²) in [7, 11) is 0. The van der Waals surface area contributed by atoms with Crippen LogP contribution in [0.5, 0.6) is 5.75 Å². The minimum Gasteiger partial charge on any atom is -0.494 e. The molecule has 0 aliphatic heterocycles. The third-order valence-electron chi connectivity index (χ3n) is 4.96. The fraction of sp³-hybridized carbons (Fsp3) is 0.667. The number of unbranched alkanes of at least 4 members (excludes halogenated alkanes) is 1. The van der Waals surface area contributed by atoms with Gasteiger partial charge in [-0.3, -0.25) is 4.79 Å². The van der Waals surface area contributed by atoms with E-state index in [1.54, 1.807) is 0 Å². The number of hydrogen-bond acceptors (Lipinski definition) is 3. The molecule has 0 aromatic heterocycles. The van der Waals surface area contributed by atoms with Crippen LogP contribution in [0.25, 0.3) is 0 Å². The van der Waals surface area contributed by atoms with E-state index in [9.17, 15) is 4.79 Å². The van der Waals surface area contributed by atoms with E-state index in [2.05, 4.69) is 26.1 Å². The zero-order valence-electron chi connectivity index (χ0n) is 16.0. The first-order valence-corrected chi connectivity index (χ1v) is 9.78. The summed E-state index contributed by atoms with van der Waals surface area (Å²) in [4.78, 5) is 12.9. The highest BCUT2D eigenvalue weighted by Gasteiger charge is 2.42. The van der Waals surface area contributed by atoms with Gasteiger partial charge in [0.15, 0.2) is 0 Å². The second kappa shape index (κ2) is 9.81. The van der Waals surface area contributed by atoms with Gasteiger partial charge in [-0.1, -0.05) is 27.2 Å². The van der Waals surface area contributed by atoms with Crippen molar-refractivity contribution in [1.29, 1.82) is 0 Å². The first kappa shape index (κ1) is 19.8. The lowest BCUT2D eigenvalue weighted by atomic mass is 9.78. The highest BCUT2D eigenvalue weighted by atomic mass is 16.5. The largest absolute Gasteiger partial charge is 0.494 e. The molecule has 140 valence electrons. The van der Waals surface area contributed by atoms with Crippen molar-refractivity contribution in [3.8, 4) is 5.75 Å². The molecule has 1 fully saturated rings. The molecule has 2 rings (SSSR count). The molecule has 0 radical (unpaired) electrons. The minimum absolute atomic E-state index is 0.00694. The summed E-state index contributed by atoms with van der Waals surface area (Å²) in [5, 5.41) is 3.05. The summed E-state index contributed by atoms with van der Waals surface area (Å²) in [6, 6.07) is 7.62. The van der Waals surface area contributed by atoms with Gasteiger partial charge in [-0.15, -0.1) is 0 Å². The van der Waals surface area contributed by atoms with E-state index in [0.29, 0.717) is 12.5 Å². The van der Waals surface area contributed by atoms with Crippen LogP contribution in [-0.4, -0.2) is 24.7 Å². The summed E-state index contributed by atoms with van der Waals surface area (Å²) in [6.45, 7) is 7.83. The Hall–Kier alpha value is -1.55. The fourth-order valence-electron chi connectivity index (χ4n) is 3.18. The Morgan fingerprint density at radius 2 is 1.80 bits per heavy atom. The van der Waals surface area contributed by atoms with Gasteiger partial charge in [0.25, 0.3) is 5.91 Å². The molecule has 1 aromatic carbocycles. The van der Waals surface area contributed by atoms with Gasteiger partial charge in [0.05, 0.1) is 6.61 Å². The molecule has 4 nitrogen and oxygen atoms in total. The predicted molar refractivity (Wildman–Crippen MR) is 102 cm³/mol. The third kappa shape index (κ3) is 5.74. The summed E-state index contributed by atoms with van der Waals surface area (Å²) in [5.41, 5.74) is 0.129. The van der Waals surface area contributed by atoms with Crippen LogP contribution in [0, 0.1) is 5.92 Å². The Bertz CT molecular complexity index is 513. The zero-order valence-corrected chi connectivity index (χ0v) is 16.0. The van der Waals surface area contributed by atoms with Crippen molar-refractivity contribution < 1.29 is 14.3 Å². The average Bonchev–Trinajstić information content (AvgIpc) is 2.63. The number of carbonyl (C=O) groups excluding carboxylic acids is 1. The van der Waals surface area contributed by atoms with Crippen LogP contribution in [0.3, 0.4) is 0 Å². The molecule has 4 heteroatoms. The molecule has 0 heterocycles. The number of carbonyl (C=O) groups is 1. The molecule has 0 atom stereocenters. The standard InChI is InChI=1S/C21H33NO3/c1-4-6-16-24-19-9-7-18(8-10-19)22-20(23)21(25-15-5-2)13-11-17(3)12-14-21/h7-10,17H,4-6,11-16H2,1-3H3,(H,22,23). The lowest BCUT2D eigenvalue weighted by Gasteiger charge is -2.38. The molecule has 0 saturated heterocycles. The zero-order chi connectivity index (χ0) is 18.1. The van der Waals surface area contributed by atoms with Gasteiger partial charge >= 0.3 is 0 Å². The quantitative estimate of drug-likeness (QED) is 0.626. The van der Waals surface area contributed by atoms with Crippen LogP contribution in [-0.2, 0) is 9.53 Å². The van der Waals surface area contributed by atoms with Gasteiger partial charge in [0.2, 0.25) is 0 Å². The van der Waals surface area contributed by atoms with Gasteiger partial charge in [-0.2, -0.15) is 0 Å². The van der Waals surface area contributed by atoms with Crippen LogP contribution in [0.1, 0.15) is 65.7 Å². The monoisotopic (exact) mass is 347 g/mol. The van der Waals surface area contributed by atoms with Crippen molar-refractivity contribution in [2.75, 3.05) is 18.5 Å². The molecule has 1 aliphatic carbocycles. The Morgan fingerprint density at radius 3 is 2.40 bits per heavy atom. The number of benzene rings is 1. The Kier molecular flexibility index (Phi) is 7.76. The smallest absolute Gasteiger partial charge is 0.256 e. The van der Waals surface area contributed by atoms with Gasteiger partial charge in [-0.25, -0.2) is 0 Å². The van der Waals surface area contributed by atoms with E-state index in [0.717, 1.165) is 63.0 Å².